The van der Waals surface area contributed by atoms with Crippen molar-refractivity contribution in [2.75, 3.05) is 5.01 Å². The first-order valence-corrected chi connectivity index (χ1v) is 10.3. The number of allylic oxidation sites excluding steroid dienone is 1. The average molecular weight is 405 g/mol. The van der Waals surface area contributed by atoms with Crippen LogP contribution in [0.15, 0.2) is 64.4 Å². The molecule has 3 heterocycles. The minimum Gasteiger partial charge on any atom is -0.255 e. The third-order valence-electron chi connectivity index (χ3n) is 3.95. The van der Waals surface area contributed by atoms with Gasteiger partial charge >= 0.3 is 0 Å². The van der Waals surface area contributed by atoms with Crippen LogP contribution in [0.5, 0.6) is 0 Å². The van der Waals surface area contributed by atoms with Crippen LogP contribution < -0.4 is 5.01 Å². The third kappa shape index (κ3) is 3.67. The molecule has 1 aliphatic rings. The van der Waals surface area contributed by atoms with E-state index >= 15 is 0 Å². The molecule has 0 aliphatic carbocycles. The Morgan fingerprint density at radius 1 is 1.04 bits per heavy atom. The normalized spacial score (nSPS) is 17.4. The van der Waals surface area contributed by atoms with Gasteiger partial charge < -0.3 is 0 Å². The van der Waals surface area contributed by atoms with Crippen LogP contribution in [0.25, 0.3) is 6.08 Å². The molecule has 2 nitrogen and oxygen atoms in total. The Hall–Kier alpha value is -1.59. The van der Waals surface area contributed by atoms with Crippen LogP contribution in [-0.4, -0.2) is 5.71 Å². The van der Waals surface area contributed by atoms with Crippen LogP contribution in [0.2, 0.25) is 10.0 Å². The second-order valence-electron chi connectivity index (χ2n) is 5.62. The summed E-state index contributed by atoms with van der Waals surface area (Å²) in [6.07, 6.45) is 5.06. The predicted molar refractivity (Wildman–Crippen MR) is 111 cm³/mol. The number of rotatable bonds is 4. The first-order chi connectivity index (χ1) is 12.2. The standard InChI is InChI=1S/C19H14Cl2N2S2/c20-13-5-8-17(16(21)11-13)23-18(19-4-2-10-25-19)12-14(22-23)6-7-15-3-1-9-24-15/h1-11,18H,12H2/b7-6+. The maximum Gasteiger partial charge on any atom is 0.0924 e. The van der Waals surface area contributed by atoms with Gasteiger partial charge in [0.25, 0.3) is 0 Å². The van der Waals surface area contributed by atoms with E-state index in [1.165, 1.54) is 9.75 Å². The molecular formula is C19H14Cl2N2S2. The van der Waals surface area contributed by atoms with Crippen molar-refractivity contribution in [2.45, 2.75) is 12.5 Å². The van der Waals surface area contributed by atoms with E-state index in [-0.39, 0.29) is 6.04 Å². The van der Waals surface area contributed by atoms with Gasteiger partial charge in [-0.1, -0.05) is 35.3 Å². The molecule has 0 amide bonds. The summed E-state index contributed by atoms with van der Waals surface area (Å²) in [5, 5.41) is 12.3. The number of hydrazone groups is 1. The van der Waals surface area contributed by atoms with E-state index in [1.54, 1.807) is 28.7 Å². The topological polar surface area (TPSA) is 15.6 Å². The lowest BCUT2D eigenvalue weighted by atomic mass is 10.1. The fraction of sp³-hybridized carbons (Fsp3) is 0.105. The predicted octanol–water partition coefficient (Wildman–Crippen LogP) is 7.14. The van der Waals surface area contributed by atoms with Gasteiger partial charge in [0.2, 0.25) is 0 Å². The summed E-state index contributed by atoms with van der Waals surface area (Å²) in [6, 6.07) is 14.1. The molecule has 2 aromatic heterocycles. The van der Waals surface area contributed by atoms with Gasteiger partial charge in [-0.2, -0.15) is 5.10 Å². The van der Waals surface area contributed by atoms with Crippen LogP contribution in [0.3, 0.4) is 0 Å². The minimum absolute atomic E-state index is 0.154. The third-order valence-corrected chi connectivity index (χ3v) is 6.29. The molecule has 1 unspecified atom stereocenters. The van der Waals surface area contributed by atoms with Crippen molar-refractivity contribution in [1.29, 1.82) is 0 Å². The van der Waals surface area contributed by atoms with E-state index in [0.717, 1.165) is 17.8 Å². The monoisotopic (exact) mass is 404 g/mol. The summed E-state index contributed by atoms with van der Waals surface area (Å²) in [5.41, 5.74) is 1.92. The Kier molecular flexibility index (Phi) is 4.95. The molecule has 0 radical (unpaired) electrons. The fourth-order valence-corrected chi connectivity index (χ4v) is 4.71. The van der Waals surface area contributed by atoms with Crippen LogP contribution in [-0.2, 0) is 0 Å². The van der Waals surface area contributed by atoms with Crippen molar-refractivity contribution >= 4 is 63.4 Å². The van der Waals surface area contributed by atoms with Crippen molar-refractivity contribution in [1.82, 2.24) is 0 Å². The zero-order valence-electron chi connectivity index (χ0n) is 13.1. The van der Waals surface area contributed by atoms with Crippen LogP contribution in [0.4, 0.5) is 5.69 Å². The molecule has 0 fully saturated rings. The first-order valence-electron chi connectivity index (χ1n) is 7.77. The van der Waals surface area contributed by atoms with Crippen molar-refractivity contribution in [3.8, 4) is 0 Å². The van der Waals surface area contributed by atoms with Gasteiger partial charge in [0.15, 0.2) is 0 Å². The highest BCUT2D eigenvalue weighted by molar-refractivity contribution is 7.11. The maximum absolute atomic E-state index is 6.43. The number of hydrogen-bond donors (Lipinski definition) is 0. The molecule has 126 valence electrons. The number of halogens is 2. The molecular weight excluding hydrogens is 391 g/mol. The fourth-order valence-electron chi connectivity index (χ4n) is 2.79. The highest BCUT2D eigenvalue weighted by atomic mass is 35.5. The van der Waals surface area contributed by atoms with Crippen molar-refractivity contribution < 1.29 is 0 Å². The zero-order valence-corrected chi connectivity index (χ0v) is 16.2. The number of thiophene rings is 2. The summed E-state index contributed by atoms with van der Waals surface area (Å²) < 4.78 is 0. The smallest absolute Gasteiger partial charge is 0.0924 e. The van der Waals surface area contributed by atoms with E-state index in [0.29, 0.717) is 10.0 Å². The Bertz CT molecular complexity index is 915. The lowest BCUT2D eigenvalue weighted by Crippen LogP contribution is -2.17. The summed E-state index contributed by atoms with van der Waals surface area (Å²) in [4.78, 5) is 2.49. The van der Waals surface area contributed by atoms with E-state index in [9.17, 15) is 0 Å². The number of anilines is 1. The first kappa shape index (κ1) is 16.9. The molecule has 1 atom stereocenters. The molecule has 4 rings (SSSR count). The maximum atomic E-state index is 6.43. The Morgan fingerprint density at radius 2 is 1.88 bits per heavy atom. The van der Waals surface area contributed by atoms with Crippen molar-refractivity contribution in [3.63, 3.8) is 0 Å². The van der Waals surface area contributed by atoms with Crippen LogP contribution >= 0.6 is 45.9 Å². The van der Waals surface area contributed by atoms with Gasteiger partial charge in [-0.3, -0.25) is 5.01 Å². The van der Waals surface area contributed by atoms with Crippen LogP contribution in [0, 0.1) is 0 Å². The SMILES string of the molecule is Clc1ccc(N2N=C(/C=C/c3cccs3)CC2c2cccs2)c(Cl)c1. The van der Waals surface area contributed by atoms with Gasteiger partial charge in [0.05, 0.1) is 22.5 Å². The van der Waals surface area contributed by atoms with Crippen LogP contribution in [0.1, 0.15) is 22.2 Å². The molecule has 1 aromatic carbocycles. The molecule has 6 heteroatoms. The molecule has 0 bridgehead atoms. The minimum atomic E-state index is 0.154. The molecule has 0 saturated heterocycles. The van der Waals surface area contributed by atoms with E-state index in [4.69, 9.17) is 28.3 Å². The van der Waals surface area contributed by atoms with E-state index < -0.39 is 0 Å². The second-order valence-corrected chi connectivity index (χ2v) is 8.42. The Morgan fingerprint density at radius 3 is 2.60 bits per heavy atom. The highest BCUT2D eigenvalue weighted by Crippen LogP contribution is 2.41. The zero-order chi connectivity index (χ0) is 17.2. The highest BCUT2D eigenvalue weighted by Gasteiger charge is 2.30. The average Bonchev–Trinajstić information content (AvgIpc) is 3.34. The molecule has 3 aromatic rings. The molecule has 0 saturated carbocycles. The molecule has 0 spiro atoms. The van der Waals surface area contributed by atoms with Gasteiger partial charge in [-0.15, -0.1) is 22.7 Å². The quantitative estimate of drug-likeness (QED) is 0.451. The number of benzene rings is 1. The van der Waals surface area contributed by atoms with Gasteiger partial charge in [-0.05, 0) is 53.2 Å². The number of nitrogens with zero attached hydrogens (tertiary/aromatic N) is 2. The van der Waals surface area contributed by atoms with E-state index in [2.05, 4.69) is 47.2 Å². The molecule has 0 N–H and O–H groups in total. The Labute approximate surface area is 164 Å². The molecule has 25 heavy (non-hydrogen) atoms. The summed E-state index contributed by atoms with van der Waals surface area (Å²) in [5.74, 6) is 0. The van der Waals surface area contributed by atoms with Crippen molar-refractivity contribution in [3.05, 3.63) is 79.1 Å². The number of hydrogen-bond acceptors (Lipinski definition) is 4. The van der Waals surface area contributed by atoms with E-state index in [1.807, 2.05) is 17.1 Å². The largest absolute Gasteiger partial charge is 0.255 e. The second kappa shape index (κ2) is 7.34. The summed E-state index contributed by atoms with van der Waals surface area (Å²) in [6.45, 7) is 0. The lowest BCUT2D eigenvalue weighted by Gasteiger charge is -2.23. The van der Waals surface area contributed by atoms with Gasteiger partial charge in [0.1, 0.15) is 0 Å². The summed E-state index contributed by atoms with van der Waals surface area (Å²) >= 11 is 15.9. The lowest BCUT2D eigenvalue weighted by molar-refractivity contribution is 0.722. The molecule has 1 aliphatic heterocycles. The summed E-state index contributed by atoms with van der Waals surface area (Å²) in [7, 11) is 0. The Balaban J connectivity index is 1.68. The van der Waals surface area contributed by atoms with Gasteiger partial charge in [0, 0.05) is 21.2 Å². The van der Waals surface area contributed by atoms with Crippen molar-refractivity contribution in [2.24, 2.45) is 5.10 Å². The van der Waals surface area contributed by atoms with Gasteiger partial charge in [-0.25, -0.2) is 0 Å².